The summed E-state index contributed by atoms with van der Waals surface area (Å²) in [5.74, 6) is -0.841. The molecular weight excluding hydrogens is 224 g/mol. The largest absolute Gasteiger partial charge is 0.415 e. The molecule has 0 aromatic carbocycles. The fraction of sp³-hybridized carbons (Fsp3) is 0.364. The maximum absolute atomic E-state index is 11.8. The van der Waals surface area contributed by atoms with Gasteiger partial charge in [-0.25, -0.2) is 9.59 Å². The van der Waals surface area contributed by atoms with Crippen LogP contribution < -0.4 is 16.0 Å². The van der Waals surface area contributed by atoms with Crippen molar-refractivity contribution in [1.29, 1.82) is 0 Å². The van der Waals surface area contributed by atoms with Crippen molar-refractivity contribution in [3.8, 4) is 5.75 Å². The number of carbonyl (C=O) groups excluding carboxylic acids is 1. The summed E-state index contributed by atoms with van der Waals surface area (Å²) in [6.45, 7) is 6.43. The second-order valence-corrected chi connectivity index (χ2v) is 3.79. The summed E-state index contributed by atoms with van der Waals surface area (Å²) in [7, 11) is 2.82. The second-order valence-electron chi connectivity index (χ2n) is 3.79. The Balaban J connectivity index is 3.46. The highest BCUT2D eigenvalue weighted by atomic mass is 16.5. The van der Waals surface area contributed by atoms with Crippen LogP contribution in [-0.4, -0.2) is 15.1 Å². The molecule has 6 nitrogen and oxygen atoms in total. The molecule has 1 rings (SSSR count). The third-order valence-corrected chi connectivity index (χ3v) is 2.45. The Morgan fingerprint density at radius 2 is 1.76 bits per heavy atom. The molecule has 0 unspecified atom stereocenters. The van der Waals surface area contributed by atoms with Crippen LogP contribution in [0.2, 0.25) is 0 Å². The monoisotopic (exact) mass is 238 g/mol. The van der Waals surface area contributed by atoms with Crippen LogP contribution in [0.3, 0.4) is 0 Å². The van der Waals surface area contributed by atoms with E-state index < -0.39 is 17.2 Å². The number of carbonyl (C=O) groups is 1. The number of ether oxygens (including phenoxy) is 1. The highest BCUT2D eigenvalue weighted by Gasteiger charge is 2.16. The topological polar surface area (TPSA) is 70.3 Å². The Morgan fingerprint density at radius 3 is 2.24 bits per heavy atom. The molecule has 0 N–H and O–H groups in total. The second kappa shape index (κ2) is 4.40. The van der Waals surface area contributed by atoms with Crippen molar-refractivity contribution < 1.29 is 9.53 Å². The highest BCUT2D eigenvalue weighted by molar-refractivity contribution is 5.88. The smallest absolute Gasteiger partial charge is 0.338 e. The molecule has 92 valence electrons. The molecule has 17 heavy (non-hydrogen) atoms. The first-order chi connectivity index (χ1) is 7.77. The van der Waals surface area contributed by atoms with E-state index in [-0.39, 0.29) is 11.3 Å². The molecular formula is C11H14N2O4. The summed E-state index contributed by atoms with van der Waals surface area (Å²) >= 11 is 0. The molecule has 0 saturated heterocycles. The van der Waals surface area contributed by atoms with Crippen molar-refractivity contribution in [2.24, 2.45) is 14.1 Å². The van der Waals surface area contributed by atoms with Crippen molar-refractivity contribution in [2.45, 2.75) is 13.8 Å². The predicted octanol–water partition coefficient (Wildman–Crippen LogP) is -0.126. The molecule has 1 heterocycles. The zero-order valence-electron chi connectivity index (χ0n) is 10.2. The van der Waals surface area contributed by atoms with Gasteiger partial charge in [-0.15, -0.1) is 0 Å². The Kier molecular flexibility index (Phi) is 3.36. The molecule has 0 saturated carbocycles. The molecule has 0 spiro atoms. The van der Waals surface area contributed by atoms with Gasteiger partial charge in [-0.3, -0.25) is 13.9 Å². The number of esters is 1. The fourth-order valence-electron chi connectivity index (χ4n) is 1.21. The molecule has 0 aliphatic carbocycles. The lowest BCUT2D eigenvalue weighted by Gasteiger charge is -2.11. The summed E-state index contributed by atoms with van der Waals surface area (Å²) in [6, 6.07) is 0. The molecule has 0 bridgehead atoms. The molecule has 6 heteroatoms. The van der Waals surface area contributed by atoms with E-state index in [0.717, 1.165) is 4.57 Å². The molecule has 0 aliphatic heterocycles. The quantitative estimate of drug-likeness (QED) is 0.531. The average Bonchev–Trinajstić information content (AvgIpc) is 2.29. The van der Waals surface area contributed by atoms with Gasteiger partial charge in [0, 0.05) is 19.7 Å². The van der Waals surface area contributed by atoms with E-state index in [2.05, 4.69) is 6.58 Å². The predicted molar refractivity (Wildman–Crippen MR) is 62.1 cm³/mol. The van der Waals surface area contributed by atoms with Crippen LogP contribution >= 0.6 is 0 Å². The van der Waals surface area contributed by atoms with Crippen molar-refractivity contribution in [3.05, 3.63) is 38.7 Å². The summed E-state index contributed by atoms with van der Waals surface area (Å²) in [4.78, 5) is 34.7. The zero-order valence-corrected chi connectivity index (χ0v) is 10.2. The fourth-order valence-corrected chi connectivity index (χ4v) is 1.21. The Hall–Kier alpha value is -2.11. The van der Waals surface area contributed by atoms with E-state index in [1.54, 1.807) is 0 Å². The molecule has 1 aromatic heterocycles. The average molecular weight is 238 g/mol. The first-order valence-corrected chi connectivity index (χ1v) is 4.91. The van der Waals surface area contributed by atoms with E-state index in [1.165, 1.54) is 32.5 Å². The van der Waals surface area contributed by atoms with Crippen molar-refractivity contribution in [1.82, 2.24) is 9.13 Å². The molecule has 0 amide bonds. The molecule has 0 atom stereocenters. The lowest BCUT2D eigenvalue weighted by Crippen LogP contribution is -2.39. The summed E-state index contributed by atoms with van der Waals surface area (Å²) < 4.78 is 7.04. The van der Waals surface area contributed by atoms with Gasteiger partial charge in [0.25, 0.3) is 5.56 Å². The SMILES string of the molecule is C=C(C)C(=O)Oc1c(C)n(C)c(=O)n(C)c1=O. The molecule has 0 radical (unpaired) electrons. The zero-order chi connectivity index (χ0) is 13.3. The van der Waals surface area contributed by atoms with E-state index >= 15 is 0 Å². The number of aromatic nitrogens is 2. The summed E-state index contributed by atoms with van der Waals surface area (Å²) in [5.41, 5.74) is -0.629. The normalized spacial score (nSPS) is 10.1. The summed E-state index contributed by atoms with van der Waals surface area (Å²) in [5, 5.41) is 0. The van der Waals surface area contributed by atoms with E-state index in [4.69, 9.17) is 4.74 Å². The van der Waals surface area contributed by atoms with Gasteiger partial charge in [0.05, 0.1) is 5.69 Å². The van der Waals surface area contributed by atoms with Crippen LogP contribution in [-0.2, 0) is 18.9 Å². The van der Waals surface area contributed by atoms with E-state index in [9.17, 15) is 14.4 Å². The van der Waals surface area contributed by atoms with Crippen LogP contribution in [0.1, 0.15) is 12.6 Å². The lowest BCUT2D eigenvalue weighted by molar-refractivity contribution is -0.130. The van der Waals surface area contributed by atoms with Gasteiger partial charge in [-0.2, -0.15) is 0 Å². The minimum atomic E-state index is -0.691. The maximum atomic E-state index is 11.8. The number of rotatable bonds is 2. The lowest BCUT2D eigenvalue weighted by atomic mass is 10.3. The highest BCUT2D eigenvalue weighted by Crippen LogP contribution is 2.10. The van der Waals surface area contributed by atoms with Gasteiger partial charge >= 0.3 is 11.7 Å². The van der Waals surface area contributed by atoms with E-state index in [1.807, 2.05) is 0 Å². The van der Waals surface area contributed by atoms with Crippen LogP contribution in [0.25, 0.3) is 0 Å². The minimum absolute atomic E-state index is 0.150. The number of hydrogen-bond donors (Lipinski definition) is 0. The van der Waals surface area contributed by atoms with Gasteiger partial charge in [-0.1, -0.05) is 6.58 Å². The van der Waals surface area contributed by atoms with Crippen molar-refractivity contribution in [2.75, 3.05) is 0 Å². The third kappa shape index (κ3) is 2.20. The standard InChI is InChI=1S/C11H14N2O4/c1-6(2)10(15)17-8-7(3)12(4)11(16)13(5)9(8)14/h1H2,2-5H3. The van der Waals surface area contributed by atoms with Crippen molar-refractivity contribution in [3.63, 3.8) is 0 Å². The van der Waals surface area contributed by atoms with Gasteiger partial charge in [0.15, 0.2) is 0 Å². The Labute approximate surface area is 97.8 Å². The Bertz CT molecular complexity index is 607. The van der Waals surface area contributed by atoms with Gasteiger partial charge < -0.3 is 4.74 Å². The van der Waals surface area contributed by atoms with Gasteiger partial charge in [-0.05, 0) is 13.8 Å². The maximum Gasteiger partial charge on any atom is 0.338 e. The first-order valence-electron chi connectivity index (χ1n) is 4.91. The summed E-state index contributed by atoms with van der Waals surface area (Å²) in [6.07, 6.45) is 0. The number of hydrogen-bond acceptors (Lipinski definition) is 4. The number of nitrogens with zero attached hydrogens (tertiary/aromatic N) is 2. The molecule has 0 fully saturated rings. The third-order valence-electron chi connectivity index (χ3n) is 2.45. The molecule has 0 aliphatic rings. The van der Waals surface area contributed by atoms with Gasteiger partial charge in [0.1, 0.15) is 0 Å². The molecule has 1 aromatic rings. The first kappa shape index (κ1) is 13.0. The van der Waals surface area contributed by atoms with Crippen LogP contribution in [0, 0.1) is 6.92 Å². The van der Waals surface area contributed by atoms with Crippen LogP contribution in [0.15, 0.2) is 21.7 Å². The van der Waals surface area contributed by atoms with Gasteiger partial charge in [0.2, 0.25) is 5.75 Å². The Morgan fingerprint density at radius 1 is 1.24 bits per heavy atom. The van der Waals surface area contributed by atoms with Crippen molar-refractivity contribution >= 4 is 5.97 Å². The minimum Gasteiger partial charge on any atom is -0.415 e. The van der Waals surface area contributed by atoms with E-state index in [0.29, 0.717) is 5.69 Å². The van der Waals surface area contributed by atoms with Crippen LogP contribution in [0.5, 0.6) is 5.75 Å². The van der Waals surface area contributed by atoms with Crippen LogP contribution in [0.4, 0.5) is 0 Å².